The lowest BCUT2D eigenvalue weighted by atomic mass is 10.6. The van der Waals surface area contributed by atoms with E-state index in [0.29, 0.717) is 0 Å². The lowest BCUT2D eigenvalue weighted by molar-refractivity contribution is 0.149. The number of nitrogens with one attached hydrogen (secondary N) is 2. The molecule has 0 radical (unpaired) electrons. The number of hydrogen-bond acceptors (Lipinski definition) is 3. The zero-order valence-corrected chi connectivity index (χ0v) is 6.94. The number of hydrogen-bond donors (Lipinski definition) is 2. The molecule has 0 amide bonds. The van der Waals surface area contributed by atoms with E-state index in [-0.39, 0.29) is 0 Å². The van der Waals surface area contributed by atoms with Crippen molar-refractivity contribution in [3.05, 3.63) is 0 Å². The smallest absolute Gasteiger partial charge is 0.0590 e. The van der Waals surface area contributed by atoms with Gasteiger partial charge in [-0.3, -0.25) is 0 Å². The summed E-state index contributed by atoms with van der Waals surface area (Å²) in [5.74, 6) is 0. The first-order valence-corrected chi connectivity index (χ1v) is 3.85. The summed E-state index contributed by atoms with van der Waals surface area (Å²) in [4.78, 5) is 0. The van der Waals surface area contributed by atoms with Gasteiger partial charge in [-0.25, -0.2) is 0 Å². The molecule has 10 heavy (non-hydrogen) atoms. The Labute approximate surface area is 63.1 Å². The van der Waals surface area contributed by atoms with E-state index in [1.54, 1.807) is 0 Å². The maximum absolute atomic E-state index is 5.13. The Balaban J connectivity index is 2.65. The van der Waals surface area contributed by atoms with Crippen LogP contribution in [0.15, 0.2) is 0 Å². The van der Waals surface area contributed by atoms with Crippen LogP contribution in [-0.2, 0) is 4.74 Å². The molecule has 0 spiro atoms. The maximum atomic E-state index is 5.13. The van der Waals surface area contributed by atoms with Gasteiger partial charge < -0.3 is 15.4 Å². The molecule has 0 unspecified atom stereocenters. The second-order valence-corrected chi connectivity index (χ2v) is 2.05. The van der Waals surface area contributed by atoms with Gasteiger partial charge in [-0.1, -0.05) is 0 Å². The third-order valence-corrected chi connectivity index (χ3v) is 1.18. The summed E-state index contributed by atoms with van der Waals surface area (Å²) in [6.45, 7) is 6.63. The van der Waals surface area contributed by atoms with Crippen molar-refractivity contribution in [1.82, 2.24) is 10.6 Å². The molecule has 0 atom stereocenters. The van der Waals surface area contributed by atoms with E-state index in [9.17, 15) is 0 Å². The first kappa shape index (κ1) is 9.88. The summed E-state index contributed by atoms with van der Waals surface area (Å²) < 4.78 is 5.13. The Hall–Kier alpha value is -0.120. The third kappa shape index (κ3) is 7.88. The van der Waals surface area contributed by atoms with E-state index < -0.39 is 0 Å². The van der Waals surface area contributed by atoms with Crippen molar-refractivity contribution in [2.75, 3.05) is 39.9 Å². The first-order chi connectivity index (χ1) is 4.91. The molecule has 0 saturated carbocycles. The molecule has 0 rings (SSSR count). The second kappa shape index (κ2) is 8.88. The molecule has 0 aromatic carbocycles. The molecule has 62 valence electrons. The number of ether oxygens (including phenoxy) is 1. The third-order valence-electron chi connectivity index (χ3n) is 1.18. The van der Waals surface area contributed by atoms with Crippen LogP contribution in [0.1, 0.15) is 6.92 Å². The van der Waals surface area contributed by atoms with Gasteiger partial charge in [0.1, 0.15) is 0 Å². The van der Waals surface area contributed by atoms with Crippen LogP contribution in [0.5, 0.6) is 0 Å². The second-order valence-electron chi connectivity index (χ2n) is 2.05. The molecule has 2 N–H and O–H groups in total. The van der Waals surface area contributed by atoms with Gasteiger partial charge in [-0.05, 0) is 14.0 Å². The fraction of sp³-hybridized carbons (Fsp3) is 1.00. The molecule has 0 aliphatic rings. The van der Waals surface area contributed by atoms with E-state index in [0.717, 1.165) is 32.8 Å². The van der Waals surface area contributed by atoms with Crippen molar-refractivity contribution in [1.29, 1.82) is 0 Å². The Bertz CT molecular complexity index is 51.6. The van der Waals surface area contributed by atoms with Crippen molar-refractivity contribution < 1.29 is 4.74 Å². The zero-order valence-electron chi connectivity index (χ0n) is 6.94. The highest BCUT2D eigenvalue weighted by molar-refractivity contribution is 4.46. The summed E-state index contributed by atoms with van der Waals surface area (Å²) in [6.07, 6.45) is 0. The standard InChI is InChI=1S/C7H18N2O/c1-3-10-7-6-9-5-4-8-2/h8-9H,3-7H2,1-2H3. The van der Waals surface area contributed by atoms with Crippen LogP contribution in [0.25, 0.3) is 0 Å². The van der Waals surface area contributed by atoms with Crippen molar-refractivity contribution in [2.24, 2.45) is 0 Å². The molecule has 0 bridgehead atoms. The monoisotopic (exact) mass is 146 g/mol. The highest BCUT2D eigenvalue weighted by Gasteiger charge is 1.84. The molecule has 3 heteroatoms. The molecule has 0 heterocycles. The predicted octanol–water partition coefficient (Wildman–Crippen LogP) is -0.168. The highest BCUT2D eigenvalue weighted by atomic mass is 16.5. The summed E-state index contributed by atoms with van der Waals surface area (Å²) >= 11 is 0. The fourth-order valence-electron chi connectivity index (χ4n) is 0.627. The van der Waals surface area contributed by atoms with Crippen LogP contribution >= 0.6 is 0 Å². The largest absolute Gasteiger partial charge is 0.380 e. The molecular formula is C7H18N2O. The van der Waals surface area contributed by atoms with E-state index in [1.807, 2.05) is 14.0 Å². The number of likely N-dealkylation sites (N-methyl/N-ethyl adjacent to an activating group) is 1. The van der Waals surface area contributed by atoms with Crippen LogP contribution in [0, 0.1) is 0 Å². The summed E-state index contributed by atoms with van der Waals surface area (Å²) in [5, 5.41) is 6.29. The minimum absolute atomic E-state index is 0.813. The molecule has 0 aromatic heterocycles. The lowest BCUT2D eigenvalue weighted by Crippen LogP contribution is -2.27. The fourth-order valence-corrected chi connectivity index (χ4v) is 0.627. The van der Waals surface area contributed by atoms with Gasteiger partial charge in [0, 0.05) is 26.2 Å². The Morgan fingerprint density at radius 2 is 2.00 bits per heavy atom. The molecule has 0 fully saturated rings. The van der Waals surface area contributed by atoms with Gasteiger partial charge in [-0.2, -0.15) is 0 Å². The lowest BCUT2D eigenvalue weighted by Gasteiger charge is -2.03. The minimum atomic E-state index is 0.813. The number of rotatable bonds is 7. The summed E-state index contributed by atoms with van der Waals surface area (Å²) in [5.41, 5.74) is 0. The highest BCUT2D eigenvalue weighted by Crippen LogP contribution is 1.69. The molecule has 0 aliphatic heterocycles. The van der Waals surface area contributed by atoms with Gasteiger partial charge in [0.25, 0.3) is 0 Å². The SMILES string of the molecule is CCOCCNCCNC. The van der Waals surface area contributed by atoms with Gasteiger partial charge in [0.05, 0.1) is 6.61 Å². The Morgan fingerprint density at radius 3 is 2.60 bits per heavy atom. The van der Waals surface area contributed by atoms with E-state index in [4.69, 9.17) is 4.74 Å². The van der Waals surface area contributed by atoms with E-state index in [1.165, 1.54) is 0 Å². The van der Waals surface area contributed by atoms with Gasteiger partial charge in [0.2, 0.25) is 0 Å². The molecule has 0 saturated heterocycles. The van der Waals surface area contributed by atoms with Crippen molar-refractivity contribution in [3.63, 3.8) is 0 Å². The predicted molar refractivity (Wildman–Crippen MR) is 43.3 cm³/mol. The molecule has 0 aliphatic carbocycles. The first-order valence-electron chi connectivity index (χ1n) is 3.85. The van der Waals surface area contributed by atoms with Crippen molar-refractivity contribution in [3.8, 4) is 0 Å². The van der Waals surface area contributed by atoms with Gasteiger partial charge in [-0.15, -0.1) is 0 Å². The quantitative estimate of drug-likeness (QED) is 0.489. The molecule has 0 aromatic rings. The topological polar surface area (TPSA) is 33.3 Å². The Morgan fingerprint density at radius 1 is 1.20 bits per heavy atom. The zero-order chi connectivity index (χ0) is 7.66. The van der Waals surface area contributed by atoms with Crippen molar-refractivity contribution >= 4 is 0 Å². The van der Waals surface area contributed by atoms with Crippen LogP contribution in [0.4, 0.5) is 0 Å². The van der Waals surface area contributed by atoms with E-state index in [2.05, 4.69) is 10.6 Å². The maximum Gasteiger partial charge on any atom is 0.0590 e. The minimum Gasteiger partial charge on any atom is -0.380 e. The molecular weight excluding hydrogens is 128 g/mol. The summed E-state index contributed by atoms with van der Waals surface area (Å²) in [7, 11) is 1.95. The van der Waals surface area contributed by atoms with Crippen LogP contribution in [0.2, 0.25) is 0 Å². The molecule has 3 nitrogen and oxygen atoms in total. The van der Waals surface area contributed by atoms with Gasteiger partial charge in [0.15, 0.2) is 0 Å². The van der Waals surface area contributed by atoms with Gasteiger partial charge >= 0.3 is 0 Å². The van der Waals surface area contributed by atoms with Crippen LogP contribution in [0.3, 0.4) is 0 Å². The van der Waals surface area contributed by atoms with E-state index >= 15 is 0 Å². The summed E-state index contributed by atoms with van der Waals surface area (Å²) in [6, 6.07) is 0. The average Bonchev–Trinajstić information content (AvgIpc) is 1.97. The Kier molecular flexibility index (Phi) is 8.77. The van der Waals surface area contributed by atoms with Crippen LogP contribution < -0.4 is 10.6 Å². The van der Waals surface area contributed by atoms with Crippen molar-refractivity contribution in [2.45, 2.75) is 6.92 Å². The normalized spacial score (nSPS) is 10.2. The van der Waals surface area contributed by atoms with Crippen LogP contribution in [-0.4, -0.2) is 39.9 Å². The average molecular weight is 146 g/mol.